The van der Waals surface area contributed by atoms with E-state index in [-0.39, 0.29) is 17.4 Å². The fraction of sp³-hybridized carbons (Fsp3) is 0.333. The smallest absolute Gasteiger partial charge is 0.387 e. The van der Waals surface area contributed by atoms with Crippen molar-refractivity contribution in [3.8, 4) is 17.0 Å². The van der Waals surface area contributed by atoms with Gasteiger partial charge in [-0.15, -0.1) is 0 Å². The van der Waals surface area contributed by atoms with Gasteiger partial charge in [0.15, 0.2) is 5.75 Å². The van der Waals surface area contributed by atoms with Crippen LogP contribution >= 0.6 is 0 Å². The van der Waals surface area contributed by atoms with Crippen molar-refractivity contribution in [2.75, 3.05) is 49.8 Å². The molecule has 1 aliphatic carbocycles. The van der Waals surface area contributed by atoms with Crippen LogP contribution in [-0.2, 0) is 0 Å². The van der Waals surface area contributed by atoms with E-state index >= 15 is 0 Å². The van der Waals surface area contributed by atoms with Gasteiger partial charge in [0.1, 0.15) is 6.23 Å². The summed E-state index contributed by atoms with van der Waals surface area (Å²) in [4.78, 5) is 13.0. The molecule has 0 bridgehead atoms. The molecule has 2 aromatic carbocycles. The van der Waals surface area contributed by atoms with Gasteiger partial charge >= 0.3 is 6.61 Å². The van der Waals surface area contributed by atoms with Gasteiger partial charge in [0.05, 0.1) is 22.8 Å². The fourth-order valence-corrected chi connectivity index (χ4v) is 4.73. The van der Waals surface area contributed by atoms with Crippen LogP contribution < -0.4 is 20.3 Å². The fourth-order valence-electron chi connectivity index (χ4n) is 4.73. The molecule has 1 unspecified atom stereocenters. The molecule has 1 saturated carbocycles. The summed E-state index contributed by atoms with van der Waals surface area (Å²) in [5.74, 6) is 0.137. The van der Waals surface area contributed by atoms with E-state index in [0.29, 0.717) is 29.7 Å². The molecule has 41 heavy (non-hydrogen) atoms. The molecule has 0 radical (unpaired) electrons. The number of anilines is 4. The summed E-state index contributed by atoms with van der Waals surface area (Å²) in [6.07, 6.45) is 6.33. The highest BCUT2D eigenvalue weighted by Crippen LogP contribution is 2.42. The number of aliphatic hydroxyl groups is 1. The van der Waals surface area contributed by atoms with Crippen molar-refractivity contribution >= 4 is 33.9 Å². The lowest BCUT2D eigenvalue weighted by Gasteiger charge is -2.27. The molecule has 0 aliphatic heterocycles. The van der Waals surface area contributed by atoms with E-state index in [0.717, 1.165) is 35.9 Å². The first-order valence-corrected chi connectivity index (χ1v) is 13.5. The highest BCUT2D eigenvalue weighted by atomic mass is 19.3. The molecule has 0 spiro atoms. The first-order chi connectivity index (χ1) is 19.7. The maximum atomic E-state index is 13.5. The monoisotopic (exact) mass is 563 g/mol. The molecular formula is C30H35F2N7O2. The molecule has 3 N–H and O–H groups in total. The van der Waals surface area contributed by atoms with Crippen molar-refractivity contribution in [3.63, 3.8) is 0 Å². The lowest BCUT2D eigenvalue weighted by atomic mass is 10.1. The molecule has 5 rings (SSSR count). The highest BCUT2D eigenvalue weighted by Gasteiger charge is 2.26. The van der Waals surface area contributed by atoms with Gasteiger partial charge in [-0.25, -0.2) is 9.97 Å². The number of para-hydroxylation sites is 1. The van der Waals surface area contributed by atoms with E-state index in [1.807, 2.05) is 49.1 Å². The van der Waals surface area contributed by atoms with Crippen LogP contribution in [0.5, 0.6) is 5.75 Å². The van der Waals surface area contributed by atoms with Crippen molar-refractivity contribution in [2.24, 2.45) is 0 Å². The van der Waals surface area contributed by atoms with Gasteiger partial charge in [-0.2, -0.15) is 8.78 Å². The first kappa shape index (κ1) is 28.3. The van der Waals surface area contributed by atoms with Crippen LogP contribution in [0.1, 0.15) is 18.9 Å². The lowest BCUT2D eigenvalue weighted by Crippen LogP contribution is -2.29. The number of nitrogens with zero attached hydrogens (tertiary/aromatic N) is 5. The summed E-state index contributed by atoms with van der Waals surface area (Å²) in [7, 11) is 5.74. The van der Waals surface area contributed by atoms with E-state index < -0.39 is 12.8 Å². The van der Waals surface area contributed by atoms with Gasteiger partial charge in [-0.3, -0.25) is 0 Å². The van der Waals surface area contributed by atoms with E-state index in [4.69, 9.17) is 9.72 Å². The predicted octanol–water partition coefficient (Wildman–Crippen LogP) is 5.69. The number of aliphatic hydroxyl groups excluding tert-OH is 1. The Bertz CT molecular complexity index is 1520. The summed E-state index contributed by atoms with van der Waals surface area (Å²) in [6.45, 7) is 1.90. The topological polar surface area (TPSA) is 90.7 Å². The van der Waals surface area contributed by atoms with Gasteiger partial charge in [0.2, 0.25) is 5.95 Å². The van der Waals surface area contributed by atoms with Crippen LogP contribution in [0.4, 0.5) is 31.8 Å². The molecule has 1 aliphatic rings. The van der Waals surface area contributed by atoms with Gasteiger partial charge in [0, 0.05) is 61.1 Å². The number of alkyl halides is 2. The summed E-state index contributed by atoms with van der Waals surface area (Å²) in [6, 6.07) is 13.6. The maximum absolute atomic E-state index is 13.5. The normalized spacial score (nSPS) is 14.0. The molecule has 9 nitrogen and oxygen atoms in total. The van der Waals surface area contributed by atoms with Crippen LogP contribution in [0.3, 0.4) is 0 Å². The van der Waals surface area contributed by atoms with Crippen LogP contribution in [0.25, 0.3) is 22.2 Å². The Hall–Kier alpha value is -4.22. The minimum Gasteiger partial charge on any atom is -0.433 e. The predicted molar refractivity (Wildman–Crippen MR) is 159 cm³/mol. The molecule has 0 saturated heterocycles. The zero-order valence-electron chi connectivity index (χ0n) is 23.4. The summed E-state index contributed by atoms with van der Waals surface area (Å²) < 4.78 is 34.3. The van der Waals surface area contributed by atoms with Crippen molar-refractivity contribution in [2.45, 2.75) is 31.7 Å². The quantitative estimate of drug-likeness (QED) is 0.141. The largest absolute Gasteiger partial charge is 0.433 e. The number of likely N-dealkylation sites (N-methyl/N-ethyl adjacent to an activating group) is 2. The van der Waals surface area contributed by atoms with Gasteiger partial charge in [-0.05, 0) is 51.2 Å². The number of rotatable bonds is 13. The summed E-state index contributed by atoms with van der Waals surface area (Å²) in [5.41, 5.74) is 4.09. The van der Waals surface area contributed by atoms with E-state index in [1.165, 1.54) is 12.1 Å². The molecule has 1 fully saturated rings. The molecule has 2 heterocycles. The van der Waals surface area contributed by atoms with E-state index in [2.05, 4.69) is 45.1 Å². The molecule has 216 valence electrons. The molecule has 11 heteroatoms. The Labute approximate surface area is 238 Å². The minimum absolute atomic E-state index is 0.0790. The second kappa shape index (κ2) is 12.1. The first-order valence-electron chi connectivity index (χ1n) is 13.5. The average molecular weight is 564 g/mol. The third kappa shape index (κ3) is 6.58. The molecule has 4 aromatic rings. The molecule has 1 atom stereocenters. The molecule has 2 aromatic heterocycles. The van der Waals surface area contributed by atoms with Crippen molar-refractivity contribution in [1.29, 1.82) is 0 Å². The van der Waals surface area contributed by atoms with E-state index in [9.17, 15) is 13.9 Å². The Balaban J connectivity index is 1.52. The third-order valence-corrected chi connectivity index (χ3v) is 6.99. The Morgan fingerprint density at radius 2 is 1.93 bits per heavy atom. The van der Waals surface area contributed by atoms with Gasteiger partial charge < -0.3 is 34.8 Å². The number of nitrogens with one attached hydrogen (secondary N) is 2. The minimum atomic E-state index is -3.05. The van der Waals surface area contributed by atoms with Crippen molar-refractivity contribution < 1.29 is 18.6 Å². The number of halogens is 2. The maximum Gasteiger partial charge on any atom is 0.387 e. The van der Waals surface area contributed by atoms with Crippen LogP contribution in [0.15, 0.2) is 67.5 Å². The van der Waals surface area contributed by atoms with Crippen molar-refractivity contribution in [1.82, 2.24) is 19.4 Å². The molecule has 0 amide bonds. The Kier molecular flexibility index (Phi) is 8.36. The van der Waals surface area contributed by atoms with Gasteiger partial charge in [0.25, 0.3) is 0 Å². The number of fused-ring (bicyclic) bond motifs is 1. The standard InChI is InChI=1S/C30H35F2N7O2/c1-5-28(40)34-23-16-24(27(41-29(31)32)17-26(23)38(4)15-14-37(2)3)36-30-33-13-12-22(35-30)21-18-39(19-10-11-19)25-9-7-6-8-20(21)25/h5-9,12-13,16-19,28-29,34,40H,1,10-11,14-15H2,2-4H3,(H,33,35,36). The lowest BCUT2D eigenvalue weighted by molar-refractivity contribution is -0.0493. The third-order valence-electron chi connectivity index (χ3n) is 6.99. The molecular weight excluding hydrogens is 528 g/mol. The highest BCUT2D eigenvalue weighted by molar-refractivity contribution is 5.95. The summed E-state index contributed by atoms with van der Waals surface area (Å²) in [5, 5.41) is 17.4. The van der Waals surface area contributed by atoms with E-state index in [1.54, 1.807) is 12.3 Å². The second-order valence-electron chi connectivity index (χ2n) is 10.4. The zero-order valence-corrected chi connectivity index (χ0v) is 23.4. The Morgan fingerprint density at radius 1 is 1.15 bits per heavy atom. The number of hydrogen-bond acceptors (Lipinski definition) is 8. The zero-order chi connectivity index (χ0) is 29.1. The van der Waals surface area contributed by atoms with Crippen LogP contribution in [-0.4, -0.2) is 71.6 Å². The summed E-state index contributed by atoms with van der Waals surface area (Å²) >= 11 is 0. The van der Waals surface area contributed by atoms with Crippen molar-refractivity contribution in [3.05, 3.63) is 67.5 Å². The number of hydrogen-bond donors (Lipinski definition) is 3. The second-order valence-corrected chi connectivity index (χ2v) is 10.4. The Morgan fingerprint density at radius 3 is 2.63 bits per heavy atom. The van der Waals surface area contributed by atoms with Gasteiger partial charge in [-0.1, -0.05) is 24.8 Å². The SMILES string of the molecule is C=CC(O)Nc1cc(Nc2nccc(-c3cn(C4CC4)c4ccccc34)n2)c(OC(F)F)cc1N(C)CCN(C)C. The average Bonchev–Trinajstić information content (AvgIpc) is 3.72. The number of ether oxygens (including phenoxy) is 1. The number of benzene rings is 2. The number of aromatic nitrogens is 3. The van der Waals surface area contributed by atoms with Crippen LogP contribution in [0.2, 0.25) is 0 Å². The van der Waals surface area contributed by atoms with Crippen LogP contribution in [0, 0.1) is 0 Å².